The third kappa shape index (κ3) is 8.34. The van der Waals surface area contributed by atoms with E-state index in [1.165, 1.54) is 44.9 Å². The Morgan fingerprint density at radius 2 is 1.39 bits per heavy atom. The second kappa shape index (κ2) is 13.8. The molecule has 2 saturated heterocycles. The first-order valence-corrected chi connectivity index (χ1v) is 13.6. The van der Waals surface area contributed by atoms with Crippen molar-refractivity contribution < 1.29 is 29.2 Å². The lowest BCUT2D eigenvalue weighted by Crippen LogP contribution is -2.33. The monoisotopic (exact) mass is 466 g/mol. The Balaban J connectivity index is 1.28. The Morgan fingerprint density at radius 3 is 1.94 bits per heavy atom. The molecular formula is C27H46O6. The third-order valence-electron chi connectivity index (χ3n) is 7.50. The molecule has 2 N–H and O–H groups in total. The van der Waals surface area contributed by atoms with Gasteiger partial charge >= 0.3 is 5.97 Å². The minimum atomic E-state index is -0.593. The van der Waals surface area contributed by atoms with Crippen LogP contribution in [0.1, 0.15) is 110 Å². The molecule has 0 aromatic carbocycles. The van der Waals surface area contributed by atoms with Gasteiger partial charge < -0.3 is 24.4 Å². The molecule has 190 valence electrons. The first-order valence-electron chi connectivity index (χ1n) is 13.6. The molecule has 3 aliphatic heterocycles. The van der Waals surface area contributed by atoms with Gasteiger partial charge in [0.15, 0.2) is 0 Å². The van der Waals surface area contributed by atoms with Crippen molar-refractivity contribution >= 4 is 5.97 Å². The number of carbonyl (C=O) groups excluding carboxylic acids is 1. The summed E-state index contributed by atoms with van der Waals surface area (Å²) < 4.78 is 17.5. The number of hydrogen-bond acceptors (Lipinski definition) is 6. The number of ether oxygens (including phenoxy) is 3. The lowest BCUT2D eigenvalue weighted by Gasteiger charge is -2.24. The normalized spacial score (nSPS) is 31.6. The number of esters is 1. The number of aliphatic hydroxyl groups excluding tert-OH is 2. The fourth-order valence-electron chi connectivity index (χ4n) is 5.47. The van der Waals surface area contributed by atoms with E-state index in [0.717, 1.165) is 38.5 Å². The fraction of sp³-hybridized carbons (Fsp3) is 0.889. The summed E-state index contributed by atoms with van der Waals surface area (Å²) in [5.41, 5.74) is 0.656. The van der Waals surface area contributed by atoms with Crippen LogP contribution in [-0.4, -0.2) is 58.9 Å². The van der Waals surface area contributed by atoms with Crippen LogP contribution >= 0.6 is 0 Å². The Hall–Kier alpha value is -0.950. The Kier molecular flexibility index (Phi) is 11.2. The minimum absolute atomic E-state index is 0.00813. The molecule has 0 saturated carbocycles. The van der Waals surface area contributed by atoms with E-state index in [9.17, 15) is 15.0 Å². The van der Waals surface area contributed by atoms with Gasteiger partial charge in [-0.3, -0.25) is 0 Å². The number of hydrogen-bond donors (Lipinski definition) is 2. The molecule has 0 aromatic rings. The number of rotatable bonds is 15. The summed E-state index contributed by atoms with van der Waals surface area (Å²) in [5.74, 6) is -0.268. The molecule has 3 heterocycles. The second-order valence-corrected chi connectivity index (χ2v) is 10.3. The van der Waals surface area contributed by atoms with Crippen LogP contribution < -0.4 is 0 Å². The topological polar surface area (TPSA) is 85.2 Å². The average molecular weight is 467 g/mol. The van der Waals surface area contributed by atoms with Crippen molar-refractivity contribution in [1.82, 2.24) is 0 Å². The molecule has 0 amide bonds. The SMILES string of the molecule is CCCCCCCCCC[C@H](O)[C@H]1CC[C@@H]([C@@H]2CC[C@H]([C@H](O)CCC3=C[C@H](C)OC3=O)O2)O1. The molecule has 0 spiro atoms. The molecule has 3 aliphatic rings. The van der Waals surface area contributed by atoms with Gasteiger partial charge in [0, 0.05) is 5.57 Å². The average Bonchev–Trinajstić information content (AvgIpc) is 3.53. The van der Waals surface area contributed by atoms with Crippen LogP contribution in [-0.2, 0) is 19.0 Å². The molecule has 6 heteroatoms. The summed E-state index contributed by atoms with van der Waals surface area (Å²) in [4.78, 5) is 11.7. The largest absolute Gasteiger partial charge is 0.455 e. The summed E-state index contributed by atoms with van der Waals surface area (Å²) >= 11 is 0. The van der Waals surface area contributed by atoms with Crippen molar-refractivity contribution in [3.8, 4) is 0 Å². The van der Waals surface area contributed by atoms with Crippen molar-refractivity contribution in [1.29, 1.82) is 0 Å². The van der Waals surface area contributed by atoms with Crippen LogP contribution in [0, 0.1) is 0 Å². The quantitative estimate of drug-likeness (QED) is 0.261. The molecule has 7 atom stereocenters. The van der Waals surface area contributed by atoms with Crippen LogP contribution in [0.25, 0.3) is 0 Å². The first-order chi connectivity index (χ1) is 16.0. The van der Waals surface area contributed by atoms with E-state index >= 15 is 0 Å². The van der Waals surface area contributed by atoms with Crippen molar-refractivity contribution in [3.05, 3.63) is 11.6 Å². The van der Waals surface area contributed by atoms with Crippen molar-refractivity contribution in [2.75, 3.05) is 0 Å². The number of unbranched alkanes of at least 4 members (excludes halogenated alkanes) is 7. The molecule has 0 aromatic heterocycles. The molecule has 2 fully saturated rings. The van der Waals surface area contributed by atoms with Gasteiger partial charge in [-0.15, -0.1) is 0 Å². The number of carbonyl (C=O) groups is 1. The van der Waals surface area contributed by atoms with Crippen LogP contribution in [0.5, 0.6) is 0 Å². The van der Waals surface area contributed by atoms with Gasteiger partial charge in [0.1, 0.15) is 6.10 Å². The lowest BCUT2D eigenvalue weighted by molar-refractivity contribution is -0.139. The third-order valence-corrected chi connectivity index (χ3v) is 7.50. The summed E-state index contributed by atoms with van der Waals surface area (Å²) in [7, 11) is 0. The number of aliphatic hydroxyl groups is 2. The van der Waals surface area contributed by atoms with E-state index in [4.69, 9.17) is 14.2 Å². The van der Waals surface area contributed by atoms with Gasteiger partial charge in [-0.05, 0) is 57.9 Å². The number of cyclic esters (lactones) is 1. The zero-order chi connectivity index (χ0) is 23.6. The molecule has 0 radical (unpaired) electrons. The Labute approximate surface area is 200 Å². The zero-order valence-corrected chi connectivity index (χ0v) is 20.8. The molecular weight excluding hydrogens is 420 g/mol. The lowest BCUT2D eigenvalue weighted by atomic mass is 10.0. The highest BCUT2D eigenvalue weighted by molar-refractivity contribution is 5.90. The van der Waals surface area contributed by atoms with Crippen LogP contribution in [0.4, 0.5) is 0 Å². The van der Waals surface area contributed by atoms with E-state index in [-0.39, 0.29) is 42.6 Å². The van der Waals surface area contributed by atoms with Gasteiger partial charge in [-0.2, -0.15) is 0 Å². The molecule has 6 nitrogen and oxygen atoms in total. The van der Waals surface area contributed by atoms with E-state index < -0.39 is 6.10 Å². The van der Waals surface area contributed by atoms with E-state index in [2.05, 4.69) is 6.92 Å². The predicted molar refractivity (Wildman–Crippen MR) is 128 cm³/mol. The summed E-state index contributed by atoms with van der Waals surface area (Å²) in [6.45, 7) is 4.09. The maximum atomic E-state index is 11.7. The Bertz CT molecular complexity index is 620. The highest BCUT2D eigenvalue weighted by Crippen LogP contribution is 2.35. The summed E-state index contributed by atoms with van der Waals surface area (Å²) in [6, 6.07) is 0. The van der Waals surface area contributed by atoms with Crippen LogP contribution in [0.3, 0.4) is 0 Å². The molecule has 0 bridgehead atoms. The van der Waals surface area contributed by atoms with Crippen LogP contribution in [0.15, 0.2) is 11.6 Å². The highest BCUT2D eigenvalue weighted by atomic mass is 16.6. The fourth-order valence-corrected chi connectivity index (χ4v) is 5.47. The maximum absolute atomic E-state index is 11.7. The molecule has 33 heavy (non-hydrogen) atoms. The summed E-state index contributed by atoms with van der Waals surface area (Å²) in [6.07, 6.45) is 15.8. The summed E-state index contributed by atoms with van der Waals surface area (Å²) in [5, 5.41) is 21.2. The van der Waals surface area contributed by atoms with Gasteiger partial charge in [0.05, 0.1) is 36.6 Å². The Morgan fingerprint density at radius 1 is 0.848 bits per heavy atom. The second-order valence-electron chi connectivity index (χ2n) is 10.3. The van der Waals surface area contributed by atoms with E-state index in [1.807, 2.05) is 13.0 Å². The van der Waals surface area contributed by atoms with Gasteiger partial charge in [0.25, 0.3) is 0 Å². The van der Waals surface area contributed by atoms with Crippen molar-refractivity contribution in [3.63, 3.8) is 0 Å². The molecule has 3 rings (SSSR count). The van der Waals surface area contributed by atoms with Gasteiger partial charge in [-0.1, -0.05) is 58.3 Å². The smallest absolute Gasteiger partial charge is 0.334 e. The predicted octanol–water partition coefficient (Wildman–Crippen LogP) is 4.99. The van der Waals surface area contributed by atoms with Crippen molar-refractivity contribution in [2.45, 2.75) is 153 Å². The van der Waals surface area contributed by atoms with Gasteiger partial charge in [0.2, 0.25) is 0 Å². The molecule has 0 aliphatic carbocycles. The van der Waals surface area contributed by atoms with E-state index in [1.54, 1.807) is 0 Å². The van der Waals surface area contributed by atoms with E-state index in [0.29, 0.717) is 18.4 Å². The molecule has 0 unspecified atom stereocenters. The van der Waals surface area contributed by atoms with Gasteiger partial charge in [-0.25, -0.2) is 4.79 Å². The zero-order valence-electron chi connectivity index (χ0n) is 20.8. The maximum Gasteiger partial charge on any atom is 0.334 e. The standard InChI is InChI=1S/C27H46O6/c1-3-4-5-6-7-8-9-10-11-21(28)23-14-16-25(32-23)26-17-15-24(33-26)22(29)13-12-20-18-19(2)31-27(20)30/h18-19,21-26,28-29H,3-17H2,1-2H3/t19-,21-,22+,23+,24+,25-,26-/m0/s1. The van der Waals surface area contributed by atoms with Crippen molar-refractivity contribution in [2.24, 2.45) is 0 Å². The highest BCUT2D eigenvalue weighted by Gasteiger charge is 2.40. The first kappa shape index (κ1) is 26.7. The van der Waals surface area contributed by atoms with Crippen LogP contribution in [0.2, 0.25) is 0 Å². The minimum Gasteiger partial charge on any atom is -0.455 e.